The third-order valence-electron chi connectivity index (χ3n) is 1.45. The van der Waals surface area contributed by atoms with Crippen molar-refractivity contribution in [3.63, 3.8) is 0 Å². The topological polar surface area (TPSA) is 26.0 Å². The van der Waals surface area contributed by atoms with E-state index < -0.39 is 11.6 Å². The summed E-state index contributed by atoms with van der Waals surface area (Å²) in [6.45, 7) is 1.43. The van der Waals surface area contributed by atoms with Gasteiger partial charge in [0.05, 0.1) is 5.69 Å². The fraction of sp³-hybridized carbons (Fsp3) is 0.143. The Morgan fingerprint density at radius 3 is 2.55 bits per heavy atom. The largest absolute Gasteiger partial charge is 0.398 e. The Bertz CT molecular complexity index is 273. The van der Waals surface area contributed by atoms with Gasteiger partial charge in [-0.3, -0.25) is 0 Å². The molecule has 0 atom stereocenters. The maximum Gasteiger partial charge on any atom is 0.163 e. The summed E-state index contributed by atoms with van der Waals surface area (Å²) in [5, 5.41) is 0. The molecule has 0 saturated carbocycles. The zero-order valence-corrected chi connectivity index (χ0v) is 7.37. The van der Waals surface area contributed by atoms with Crippen LogP contribution in [0.1, 0.15) is 5.56 Å². The van der Waals surface area contributed by atoms with Gasteiger partial charge in [0.25, 0.3) is 0 Å². The molecule has 2 N–H and O–H groups in total. The molecule has 0 heterocycles. The summed E-state index contributed by atoms with van der Waals surface area (Å²) in [4.78, 5) is 0. The summed E-state index contributed by atoms with van der Waals surface area (Å²) < 4.78 is 25.6. The number of halogens is 3. The third-order valence-corrected chi connectivity index (χ3v) is 2.11. The number of benzene rings is 1. The van der Waals surface area contributed by atoms with Gasteiger partial charge in [0, 0.05) is 10.0 Å². The lowest BCUT2D eigenvalue weighted by Crippen LogP contribution is -1.97. The zero-order valence-electron chi connectivity index (χ0n) is 5.79. The molecule has 1 aromatic carbocycles. The molecule has 11 heavy (non-hydrogen) atoms. The van der Waals surface area contributed by atoms with Gasteiger partial charge in [-0.2, -0.15) is 0 Å². The smallest absolute Gasteiger partial charge is 0.163 e. The van der Waals surface area contributed by atoms with Crippen LogP contribution in [0.15, 0.2) is 10.5 Å². The van der Waals surface area contributed by atoms with Gasteiger partial charge in [-0.25, -0.2) is 8.78 Å². The first kappa shape index (κ1) is 8.46. The minimum atomic E-state index is -0.886. The van der Waals surface area contributed by atoms with Crippen LogP contribution in [-0.2, 0) is 0 Å². The molecule has 0 unspecified atom stereocenters. The Labute approximate surface area is 71.3 Å². The van der Waals surface area contributed by atoms with Crippen molar-refractivity contribution >= 4 is 21.6 Å². The molecule has 0 aromatic heterocycles. The van der Waals surface area contributed by atoms with E-state index in [0.717, 1.165) is 6.07 Å². The second-order valence-corrected chi connectivity index (χ2v) is 3.05. The van der Waals surface area contributed by atoms with E-state index in [1.54, 1.807) is 0 Å². The molecule has 0 aliphatic carbocycles. The molecule has 60 valence electrons. The van der Waals surface area contributed by atoms with E-state index in [1.807, 2.05) is 0 Å². The summed E-state index contributed by atoms with van der Waals surface area (Å²) >= 11 is 3.00. The van der Waals surface area contributed by atoms with Crippen molar-refractivity contribution in [1.29, 1.82) is 0 Å². The molecule has 4 heteroatoms. The van der Waals surface area contributed by atoms with Crippen LogP contribution < -0.4 is 5.73 Å². The van der Waals surface area contributed by atoms with Crippen molar-refractivity contribution < 1.29 is 8.78 Å². The molecule has 1 rings (SSSR count). The van der Waals surface area contributed by atoms with Crippen LogP contribution in [0.3, 0.4) is 0 Å². The highest BCUT2D eigenvalue weighted by atomic mass is 79.9. The van der Waals surface area contributed by atoms with Crippen LogP contribution in [-0.4, -0.2) is 0 Å². The van der Waals surface area contributed by atoms with Gasteiger partial charge in [0.2, 0.25) is 0 Å². The van der Waals surface area contributed by atoms with Crippen LogP contribution >= 0.6 is 15.9 Å². The van der Waals surface area contributed by atoms with Gasteiger partial charge < -0.3 is 5.73 Å². The number of hydrogen-bond donors (Lipinski definition) is 1. The maximum absolute atomic E-state index is 12.7. The number of nitrogens with two attached hydrogens (primary N) is 1. The average molecular weight is 222 g/mol. The summed E-state index contributed by atoms with van der Waals surface area (Å²) in [6, 6.07) is 1.01. The lowest BCUT2D eigenvalue weighted by Gasteiger charge is -2.04. The summed E-state index contributed by atoms with van der Waals surface area (Å²) in [5.41, 5.74) is 5.77. The average Bonchev–Trinajstić information content (AvgIpc) is 1.97. The standard InChI is InChI=1S/C7H6BrF2N/c1-3-6(10)5(9)2-4(8)7(3)11/h2H,11H2,1H3. The molecule has 0 aliphatic heterocycles. The molecule has 1 aromatic rings. The quantitative estimate of drug-likeness (QED) is 0.529. The predicted molar refractivity (Wildman–Crippen MR) is 43.2 cm³/mol. The van der Waals surface area contributed by atoms with Gasteiger partial charge in [-0.05, 0) is 28.9 Å². The molecule has 1 nitrogen and oxygen atoms in total. The molecule has 0 aliphatic rings. The maximum atomic E-state index is 12.7. The number of anilines is 1. The Balaban J connectivity index is 3.46. The number of rotatable bonds is 0. The molecular formula is C7H6BrF2N. The van der Waals surface area contributed by atoms with E-state index in [2.05, 4.69) is 15.9 Å². The van der Waals surface area contributed by atoms with Crippen molar-refractivity contribution in [3.8, 4) is 0 Å². The number of nitrogen functional groups attached to an aromatic ring is 1. The van der Waals surface area contributed by atoms with Crippen molar-refractivity contribution in [2.24, 2.45) is 0 Å². The van der Waals surface area contributed by atoms with Crippen molar-refractivity contribution in [1.82, 2.24) is 0 Å². The van der Waals surface area contributed by atoms with E-state index in [-0.39, 0.29) is 11.3 Å². The van der Waals surface area contributed by atoms with Crippen LogP contribution in [0.2, 0.25) is 0 Å². The van der Waals surface area contributed by atoms with Gasteiger partial charge in [0.1, 0.15) is 0 Å². The molecule has 0 bridgehead atoms. The molecule has 0 spiro atoms. The van der Waals surface area contributed by atoms with Crippen molar-refractivity contribution in [2.75, 3.05) is 5.73 Å². The lowest BCUT2D eigenvalue weighted by atomic mass is 10.2. The third kappa shape index (κ3) is 1.35. The van der Waals surface area contributed by atoms with E-state index >= 15 is 0 Å². The predicted octanol–water partition coefficient (Wildman–Crippen LogP) is 2.62. The number of hydrogen-bond acceptors (Lipinski definition) is 1. The van der Waals surface area contributed by atoms with Gasteiger partial charge in [-0.1, -0.05) is 0 Å². The van der Waals surface area contributed by atoms with E-state index in [4.69, 9.17) is 5.73 Å². The van der Waals surface area contributed by atoms with Crippen LogP contribution in [0.25, 0.3) is 0 Å². The molecule has 0 radical (unpaired) electrons. The Hall–Kier alpha value is -0.640. The van der Waals surface area contributed by atoms with Gasteiger partial charge >= 0.3 is 0 Å². The second kappa shape index (κ2) is 2.77. The first-order chi connectivity index (χ1) is 5.04. The normalized spacial score (nSPS) is 10.2. The van der Waals surface area contributed by atoms with E-state index in [0.29, 0.717) is 4.47 Å². The molecule has 0 fully saturated rings. The van der Waals surface area contributed by atoms with Crippen LogP contribution in [0.5, 0.6) is 0 Å². The Morgan fingerprint density at radius 1 is 1.45 bits per heavy atom. The SMILES string of the molecule is Cc1c(N)c(Br)cc(F)c1F. The second-order valence-electron chi connectivity index (χ2n) is 2.19. The zero-order chi connectivity index (χ0) is 8.59. The van der Waals surface area contributed by atoms with E-state index in [1.165, 1.54) is 6.92 Å². The van der Waals surface area contributed by atoms with Gasteiger partial charge in [0.15, 0.2) is 11.6 Å². The Morgan fingerprint density at radius 2 is 2.00 bits per heavy atom. The Kier molecular flexibility index (Phi) is 2.13. The minimum absolute atomic E-state index is 0.136. The highest BCUT2D eigenvalue weighted by Crippen LogP contribution is 2.26. The highest BCUT2D eigenvalue weighted by Gasteiger charge is 2.10. The summed E-state index contributed by atoms with van der Waals surface area (Å²) in [5.74, 6) is -1.77. The first-order valence-corrected chi connectivity index (χ1v) is 3.73. The fourth-order valence-electron chi connectivity index (χ4n) is 0.729. The monoisotopic (exact) mass is 221 g/mol. The molecular weight excluding hydrogens is 216 g/mol. The first-order valence-electron chi connectivity index (χ1n) is 2.93. The van der Waals surface area contributed by atoms with E-state index in [9.17, 15) is 8.78 Å². The van der Waals surface area contributed by atoms with Crippen molar-refractivity contribution in [3.05, 3.63) is 27.7 Å². The molecule has 0 saturated heterocycles. The highest BCUT2D eigenvalue weighted by molar-refractivity contribution is 9.10. The fourth-order valence-corrected chi connectivity index (χ4v) is 1.23. The van der Waals surface area contributed by atoms with Crippen molar-refractivity contribution in [2.45, 2.75) is 6.92 Å². The van der Waals surface area contributed by atoms with Gasteiger partial charge in [-0.15, -0.1) is 0 Å². The summed E-state index contributed by atoms with van der Waals surface area (Å²) in [6.07, 6.45) is 0. The minimum Gasteiger partial charge on any atom is -0.398 e. The molecule has 0 amide bonds. The van der Waals surface area contributed by atoms with Crippen LogP contribution in [0, 0.1) is 18.6 Å². The summed E-state index contributed by atoms with van der Waals surface area (Å²) in [7, 11) is 0. The lowest BCUT2D eigenvalue weighted by molar-refractivity contribution is 0.503. The van der Waals surface area contributed by atoms with Crippen LogP contribution in [0.4, 0.5) is 14.5 Å².